The number of hydrogen-bond acceptors (Lipinski definition) is 1. The molecule has 0 rings (SSSR count). The summed E-state index contributed by atoms with van der Waals surface area (Å²) in [5, 5.41) is 0. The number of hydrogen-bond donors (Lipinski definition) is 0. The fourth-order valence-electron chi connectivity index (χ4n) is 1.95. The van der Waals surface area contributed by atoms with Crippen molar-refractivity contribution in [3.8, 4) is 0 Å². The second-order valence-electron chi connectivity index (χ2n) is 5.09. The van der Waals surface area contributed by atoms with Crippen molar-refractivity contribution < 1.29 is 0 Å². The molecule has 11 heavy (non-hydrogen) atoms. The summed E-state index contributed by atoms with van der Waals surface area (Å²) in [5.74, 6) is 0. The Morgan fingerprint density at radius 1 is 0.818 bits per heavy atom. The van der Waals surface area contributed by atoms with Crippen molar-refractivity contribution in [2.24, 2.45) is 0 Å². The molecule has 0 saturated heterocycles. The van der Waals surface area contributed by atoms with Crippen LogP contribution in [0.5, 0.6) is 0 Å². The molecule has 0 aromatic heterocycles. The molecule has 0 aliphatic carbocycles. The van der Waals surface area contributed by atoms with Crippen LogP contribution in [0.15, 0.2) is 0 Å². The minimum Gasteiger partial charge on any atom is -0.346 e. The highest BCUT2D eigenvalue weighted by Gasteiger charge is 2.32. The Morgan fingerprint density at radius 3 is 1.09 bits per heavy atom. The van der Waals surface area contributed by atoms with E-state index in [2.05, 4.69) is 50.4 Å². The van der Waals surface area contributed by atoms with E-state index in [-0.39, 0.29) is 0 Å². The van der Waals surface area contributed by atoms with Crippen LogP contribution in [0.4, 0.5) is 0 Å². The first-order chi connectivity index (χ1) is 4.69. The van der Waals surface area contributed by atoms with Crippen LogP contribution in [0.2, 0.25) is 39.3 Å². The van der Waals surface area contributed by atoms with Crippen molar-refractivity contribution in [1.29, 1.82) is 0 Å². The molecule has 0 fully saturated rings. The van der Waals surface area contributed by atoms with E-state index < -0.39 is 16.5 Å². The molecule has 0 amide bonds. The quantitative estimate of drug-likeness (QED) is 0.617. The van der Waals surface area contributed by atoms with Crippen LogP contribution in [-0.2, 0) is 0 Å². The molecule has 0 aliphatic heterocycles. The molecule has 0 unspecified atom stereocenters. The summed E-state index contributed by atoms with van der Waals surface area (Å²) in [7, 11) is -2.05. The minimum atomic E-state index is -1.03. The Balaban J connectivity index is 4.43. The van der Waals surface area contributed by atoms with Gasteiger partial charge in [-0.05, 0) is 6.54 Å². The van der Waals surface area contributed by atoms with Crippen LogP contribution in [0.1, 0.15) is 6.92 Å². The van der Waals surface area contributed by atoms with Crippen molar-refractivity contribution in [1.82, 2.24) is 4.23 Å². The molecule has 1 nitrogen and oxygen atoms in total. The fourth-order valence-corrected chi connectivity index (χ4v) is 11.9. The molecule has 3 heteroatoms. The van der Waals surface area contributed by atoms with E-state index in [9.17, 15) is 0 Å². The third-order valence-electron chi connectivity index (χ3n) is 1.94. The third kappa shape index (κ3) is 3.53. The monoisotopic (exact) mass is 189 g/mol. The second kappa shape index (κ2) is 3.41. The summed E-state index contributed by atoms with van der Waals surface area (Å²) in [4.78, 5) is 0. The topological polar surface area (TPSA) is 3.24 Å². The van der Waals surface area contributed by atoms with Gasteiger partial charge in [0.1, 0.15) is 16.5 Å². The molecular weight excluding hydrogens is 166 g/mol. The van der Waals surface area contributed by atoms with E-state index in [0.717, 1.165) is 0 Å². The molecule has 0 heterocycles. The van der Waals surface area contributed by atoms with Gasteiger partial charge in [0.25, 0.3) is 0 Å². The van der Waals surface area contributed by atoms with Gasteiger partial charge < -0.3 is 4.23 Å². The zero-order valence-corrected chi connectivity index (χ0v) is 11.2. The molecule has 0 aromatic carbocycles. The Kier molecular flexibility index (Phi) is 3.53. The highest BCUT2D eigenvalue weighted by Crippen LogP contribution is 2.18. The summed E-state index contributed by atoms with van der Waals surface area (Å²) in [6, 6.07) is 0. The predicted molar refractivity (Wildman–Crippen MR) is 59.1 cm³/mol. The smallest absolute Gasteiger partial charge is 0.112 e. The first kappa shape index (κ1) is 11.4. The first-order valence-corrected chi connectivity index (χ1v) is 11.4. The average Bonchev–Trinajstić information content (AvgIpc) is 1.56. The predicted octanol–water partition coefficient (Wildman–Crippen LogP) is 2.98. The van der Waals surface area contributed by atoms with Crippen molar-refractivity contribution in [3.05, 3.63) is 0 Å². The summed E-state index contributed by atoms with van der Waals surface area (Å²) in [6.45, 7) is 18.2. The van der Waals surface area contributed by atoms with E-state index in [0.29, 0.717) is 0 Å². The standard InChI is InChI=1S/C8H23NSi2/c1-8-9(10(2,3)4)11(5,6)7/h8H2,1-7H3. The molecule has 0 saturated carbocycles. The van der Waals surface area contributed by atoms with Crippen molar-refractivity contribution >= 4 is 16.5 Å². The van der Waals surface area contributed by atoms with Gasteiger partial charge in [-0.2, -0.15) is 0 Å². The summed E-state index contributed by atoms with van der Waals surface area (Å²) < 4.78 is 2.78. The Labute approximate surface area is 74.0 Å². The molecule has 0 spiro atoms. The maximum atomic E-state index is 2.78. The van der Waals surface area contributed by atoms with Crippen LogP contribution >= 0.6 is 0 Å². The maximum absolute atomic E-state index is 2.78. The lowest BCUT2D eigenvalue weighted by atomic mass is 10.8. The molecule has 0 bridgehead atoms. The molecule has 0 aliphatic rings. The largest absolute Gasteiger partial charge is 0.346 e. The van der Waals surface area contributed by atoms with Crippen LogP contribution in [0.3, 0.4) is 0 Å². The van der Waals surface area contributed by atoms with Gasteiger partial charge in [-0.15, -0.1) is 0 Å². The van der Waals surface area contributed by atoms with Crippen molar-refractivity contribution in [2.75, 3.05) is 6.54 Å². The molecule has 0 atom stereocenters. The van der Waals surface area contributed by atoms with Crippen LogP contribution in [0, 0.1) is 0 Å². The molecular formula is C8H23NSi2. The van der Waals surface area contributed by atoms with Gasteiger partial charge in [-0.25, -0.2) is 0 Å². The van der Waals surface area contributed by atoms with E-state index in [1.807, 2.05) is 0 Å². The van der Waals surface area contributed by atoms with Crippen LogP contribution < -0.4 is 0 Å². The van der Waals surface area contributed by atoms with Gasteiger partial charge in [0.2, 0.25) is 0 Å². The Morgan fingerprint density at radius 2 is 1.09 bits per heavy atom. The highest BCUT2D eigenvalue weighted by atomic mass is 28.4. The molecule has 0 radical (unpaired) electrons. The van der Waals surface area contributed by atoms with Crippen molar-refractivity contribution in [3.63, 3.8) is 0 Å². The normalized spacial score (nSPS) is 14.2. The summed E-state index contributed by atoms with van der Waals surface area (Å²) in [6.07, 6.45) is 0. The van der Waals surface area contributed by atoms with Gasteiger partial charge in [-0.1, -0.05) is 46.2 Å². The lowest BCUT2D eigenvalue weighted by Gasteiger charge is -2.42. The van der Waals surface area contributed by atoms with E-state index in [1.165, 1.54) is 6.54 Å². The fraction of sp³-hybridized carbons (Fsp3) is 1.00. The number of rotatable bonds is 3. The summed E-state index contributed by atoms with van der Waals surface area (Å²) in [5.41, 5.74) is 0. The maximum Gasteiger partial charge on any atom is 0.112 e. The highest BCUT2D eigenvalue weighted by molar-refractivity contribution is 6.89. The van der Waals surface area contributed by atoms with Gasteiger partial charge in [0.15, 0.2) is 0 Å². The molecule has 0 aromatic rings. The molecule has 68 valence electrons. The lowest BCUT2D eigenvalue weighted by Crippen LogP contribution is -2.58. The van der Waals surface area contributed by atoms with Gasteiger partial charge in [0.05, 0.1) is 0 Å². The Hall–Kier alpha value is 0.394. The Bertz CT molecular complexity index is 107. The van der Waals surface area contributed by atoms with E-state index in [1.54, 1.807) is 0 Å². The SMILES string of the molecule is CCN([Si](C)(C)C)[Si](C)(C)C. The number of nitrogens with zero attached hydrogens (tertiary/aromatic N) is 1. The summed E-state index contributed by atoms with van der Waals surface area (Å²) >= 11 is 0. The third-order valence-corrected chi connectivity index (χ3v) is 9.83. The minimum absolute atomic E-state index is 1.03. The van der Waals surface area contributed by atoms with Gasteiger partial charge in [0, 0.05) is 0 Å². The van der Waals surface area contributed by atoms with Crippen molar-refractivity contribution in [2.45, 2.75) is 46.2 Å². The van der Waals surface area contributed by atoms with Crippen LogP contribution in [0.25, 0.3) is 0 Å². The lowest BCUT2D eigenvalue weighted by molar-refractivity contribution is 0.651. The molecule has 0 N–H and O–H groups in total. The van der Waals surface area contributed by atoms with E-state index >= 15 is 0 Å². The first-order valence-electron chi connectivity index (χ1n) is 4.47. The van der Waals surface area contributed by atoms with E-state index in [4.69, 9.17) is 0 Å². The van der Waals surface area contributed by atoms with Gasteiger partial charge in [-0.3, -0.25) is 0 Å². The van der Waals surface area contributed by atoms with Gasteiger partial charge >= 0.3 is 0 Å². The van der Waals surface area contributed by atoms with Crippen LogP contribution in [-0.4, -0.2) is 27.2 Å². The second-order valence-corrected chi connectivity index (χ2v) is 15.3. The average molecular weight is 189 g/mol. The zero-order chi connectivity index (χ0) is 9.28. The zero-order valence-electron chi connectivity index (χ0n) is 9.15.